The first-order valence-electron chi connectivity index (χ1n) is 6.34. The van der Waals surface area contributed by atoms with Gasteiger partial charge in [-0.05, 0) is 29.8 Å². The lowest BCUT2D eigenvalue weighted by molar-refractivity contribution is -0.117. The highest BCUT2D eigenvalue weighted by atomic mass is 16.2. The number of carbonyl (C=O) groups is 1. The number of nitrogens with one attached hydrogen (secondary N) is 1. The molecule has 0 spiro atoms. The highest BCUT2D eigenvalue weighted by Gasteiger charge is 2.23. The van der Waals surface area contributed by atoms with Crippen molar-refractivity contribution in [2.75, 3.05) is 23.0 Å². The second-order valence-corrected chi connectivity index (χ2v) is 4.72. The second-order valence-electron chi connectivity index (χ2n) is 4.72. The number of nitrogens with zero attached hydrogens (tertiary/aromatic N) is 3. The smallest absolute Gasteiger partial charge is 0.231 e. The van der Waals surface area contributed by atoms with Crippen molar-refractivity contribution in [3.8, 4) is 0 Å². The van der Waals surface area contributed by atoms with Gasteiger partial charge in [-0.25, -0.2) is 9.97 Å². The minimum Gasteiger partial charge on any atom is -0.384 e. The van der Waals surface area contributed by atoms with Gasteiger partial charge in [-0.15, -0.1) is 0 Å². The molecule has 0 saturated carbocycles. The number of hydrogen-bond acceptors (Lipinski definition) is 5. The van der Waals surface area contributed by atoms with Crippen molar-refractivity contribution < 1.29 is 4.79 Å². The highest BCUT2D eigenvalue weighted by molar-refractivity contribution is 6.01. The van der Waals surface area contributed by atoms with Gasteiger partial charge >= 0.3 is 0 Å². The van der Waals surface area contributed by atoms with E-state index in [0.29, 0.717) is 24.6 Å². The Bertz CT molecular complexity index is 670. The van der Waals surface area contributed by atoms with Crippen molar-refractivity contribution >= 4 is 23.1 Å². The van der Waals surface area contributed by atoms with Gasteiger partial charge in [-0.3, -0.25) is 4.79 Å². The predicted molar refractivity (Wildman–Crippen MR) is 77.3 cm³/mol. The van der Waals surface area contributed by atoms with Gasteiger partial charge in [0.15, 0.2) is 0 Å². The molecule has 6 heteroatoms. The first kappa shape index (κ1) is 12.4. The number of carbonyl (C=O) groups excluding carboxylic acids is 1. The lowest BCUT2D eigenvalue weighted by atomic mass is 10.1. The van der Waals surface area contributed by atoms with E-state index in [-0.39, 0.29) is 5.91 Å². The van der Waals surface area contributed by atoms with Crippen LogP contribution in [-0.4, -0.2) is 22.9 Å². The maximum atomic E-state index is 11.6. The summed E-state index contributed by atoms with van der Waals surface area (Å²) in [5.41, 5.74) is 8.56. The summed E-state index contributed by atoms with van der Waals surface area (Å²) >= 11 is 0. The lowest BCUT2D eigenvalue weighted by Gasteiger charge is -2.11. The number of likely N-dealkylation sites (N-methyl/N-ethyl adjacent to an activating group) is 1. The topological polar surface area (TPSA) is 84.1 Å². The van der Waals surface area contributed by atoms with E-state index in [1.165, 1.54) is 0 Å². The fraction of sp³-hybridized carbons (Fsp3) is 0.214. The average Bonchev–Trinajstić information content (AvgIpc) is 2.72. The summed E-state index contributed by atoms with van der Waals surface area (Å²) in [5.74, 6) is 1.22. The van der Waals surface area contributed by atoms with Crippen LogP contribution >= 0.6 is 0 Å². The quantitative estimate of drug-likeness (QED) is 0.874. The molecule has 102 valence electrons. The summed E-state index contributed by atoms with van der Waals surface area (Å²) in [7, 11) is 1.79. The molecule has 3 N–H and O–H groups in total. The number of anilines is 3. The summed E-state index contributed by atoms with van der Waals surface area (Å²) < 4.78 is 0. The first-order valence-corrected chi connectivity index (χ1v) is 6.34. The van der Waals surface area contributed by atoms with E-state index in [9.17, 15) is 4.79 Å². The molecule has 2 aromatic rings. The third-order valence-electron chi connectivity index (χ3n) is 3.33. The Morgan fingerprint density at radius 2 is 2.25 bits per heavy atom. The molecule has 1 aliphatic rings. The Balaban J connectivity index is 1.74. The van der Waals surface area contributed by atoms with Gasteiger partial charge < -0.3 is 16.0 Å². The summed E-state index contributed by atoms with van der Waals surface area (Å²) in [6.45, 7) is 0.494. The zero-order chi connectivity index (χ0) is 14.1. The molecule has 6 nitrogen and oxygen atoms in total. The third kappa shape index (κ3) is 2.27. The van der Waals surface area contributed by atoms with Gasteiger partial charge in [0.05, 0.1) is 13.0 Å². The Hall–Kier alpha value is -2.63. The molecule has 1 aliphatic heterocycles. The number of fused-ring (bicyclic) bond motifs is 1. The van der Waals surface area contributed by atoms with Crippen molar-refractivity contribution in [1.82, 2.24) is 9.97 Å². The molecule has 0 radical (unpaired) electrons. The van der Waals surface area contributed by atoms with Crippen molar-refractivity contribution in [3.63, 3.8) is 0 Å². The van der Waals surface area contributed by atoms with E-state index in [1.54, 1.807) is 24.2 Å². The number of hydrogen-bond donors (Lipinski definition) is 2. The molecule has 0 atom stereocenters. The van der Waals surface area contributed by atoms with E-state index >= 15 is 0 Å². The summed E-state index contributed by atoms with van der Waals surface area (Å²) in [5, 5.41) is 3.24. The highest BCUT2D eigenvalue weighted by Crippen LogP contribution is 2.29. The maximum Gasteiger partial charge on any atom is 0.231 e. The number of benzene rings is 1. The second kappa shape index (κ2) is 4.80. The van der Waals surface area contributed by atoms with Crippen LogP contribution in [0.25, 0.3) is 0 Å². The van der Waals surface area contributed by atoms with Crippen LogP contribution in [0.3, 0.4) is 0 Å². The SMILES string of the molecule is CN1C(=O)Cc2cc(NCc3nccc(N)n3)ccc21. The lowest BCUT2D eigenvalue weighted by Crippen LogP contribution is -2.20. The Kier molecular flexibility index (Phi) is 2.98. The Morgan fingerprint density at radius 3 is 3.05 bits per heavy atom. The van der Waals surface area contributed by atoms with Crippen LogP contribution in [0.15, 0.2) is 30.5 Å². The fourth-order valence-electron chi connectivity index (χ4n) is 2.26. The van der Waals surface area contributed by atoms with Gasteiger partial charge in [-0.1, -0.05) is 0 Å². The number of rotatable bonds is 3. The van der Waals surface area contributed by atoms with Gasteiger partial charge in [-0.2, -0.15) is 0 Å². The van der Waals surface area contributed by atoms with Gasteiger partial charge in [0.1, 0.15) is 11.6 Å². The Labute approximate surface area is 116 Å². The molecule has 0 saturated heterocycles. The third-order valence-corrected chi connectivity index (χ3v) is 3.33. The van der Waals surface area contributed by atoms with Crippen molar-refractivity contribution in [2.45, 2.75) is 13.0 Å². The Morgan fingerprint density at radius 1 is 1.40 bits per heavy atom. The van der Waals surface area contributed by atoms with Gasteiger partial charge in [0.2, 0.25) is 5.91 Å². The van der Waals surface area contributed by atoms with Crippen LogP contribution in [0, 0.1) is 0 Å². The molecular weight excluding hydrogens is 254 g/mol. The number of aromatic nitrogens is 2. The number of nitrogens with two attached hydrogens (primary N) is 1. The van der Waals surface area contributed by atoms with Gasteiger partial charge in [0.25, 0.3) is 0 Å². The molecule has 0 aliphatic carbocycles. The van der Waals surface area contributed by atoms with Crippen molar-refractivity contribution in [2.24, 2.45) is 0 Å². The normalized spacial score (nSPS) is 13.4. The molecule has 1 amide bonds. The largest absolute Gasteiger partial charge is 0.384 e. The standard InChI is InChI=1S/C14H15N5O/c1-19-11-3-2-10(6-9(11)7-14(19)20)17-8-13-16-5-4-12(15)18-13/h2-6,17H,7-8H2,1H3,(H2,15,16,18). The minimum absolute atomic E-state index is 0.122. The number of nitrogen functional groups attached to an aromatic ring is 1. The fourth-order valence-corrected chi connectivity index (χ4v) is 2.26. The first-order chi connectivity index (χ1) is 9.63. The van der Waals surface area contributed by atoms with Crippen LogP contribution in [0.5, 0.6) is 0 Å². The van der Waals surface area contributed by atoms with Gasteiger partial charge in [0, 0.05) is 24.6 Å². The minimum atomic E-state index is 0.122. The number of amides is 1. The van der Waals surface area contributed by atoms with E-state index in [0.717, 1.165) is 16.9 Å². The molecular formula is C14H15N5O. The molecule has 2 heterocycles. The van der Waals surface area contributed by atoms with E-state index < -0.39 is 0 Å². The summed E-state index contributed by atoms with van der Waals surface area (Å²) in [4.78, 5) is 21.6. The van der Waals surface area contributed by atoms with Crippen LogP contribution in [0.4, 0.5) is 17.2 Å². The molecule has 1 aromatic heterocycles. The molecule has 20 heavy (non-hydrogen) atoms. The van der Waals surface area contributed by atoms with E-state index in [4.69, 9.17) is 5.73 Å². The predicted octanol–water partition coefficient (Wildman–Crippen LogP) is 1.19. The van der Waals surface area contributed by atoms with Crippen LogP contribution in [-0.2, 0) is 17.8 Å². The van der Waals surface area contributed by atoms with Crippen LogP contribution in [0.1, 0.15) is 11.4 Å². The molecule has 1 aromatic carbocycles. The van der Waals surface area contributed by atoms with Crippen molar-refractivity contribution in [3.05, 3.63) is 41.9 Å². The van der Waals surface area contributed by atoms with E-state index in [2.05, 4.69) is 15.3 Å². The maximum absolute atomic E-state index is 11.6. The summed E-state index contributed by atoms with van der Waals surface area (Å²) in [6, 6.07) is 7.53. The zero-order valence-electron chi connectivity index (χ0n) is 11.1. The molecule has 3 rings (SSSR count). The van der Waals surface area contributed by atoms with Crippen LogP contribution < -0.4 is 16.0 Å². The molecule has 0 fully saturated rings. The summed E-state index contributed by atoms with van der Waals surface area (Å²) in [6.07, 6.45) is 2.09. The van der Waals surface area contributed by atoms with Crippen molar-refractivity contribution in [1.29, 1.82) is 0 Å². The zero-order valence-corrected chi connectivity index (χ0v) is 11.1. The van der Waals surface area contributed by atoms with Crippen LogP contribution in [0.2, 0.25) is 0 Å². The molecule has 0 unspecified atom stereocenters. The average molecular weight is 269 g/mol. The van der Waals surface area contributed by atoms with E-state index in [1.807, 2.05) is 18.2 Å². The molecule has 0 bridgehead atoms. The monoisotopic (exact) mass is 269 g/mol.